The van der Waals surface area contributed by atoms with Crippen molar-refractivity contribution in [2.75, 3.05) is 25.1 Å². The molecule has 3 aromatic rings. The molecule has 1 atom stereocenters. The lowest BCUT2D eigenvalue weighted by atomic mass is 9.80. The van der Waals surface area contributed by atoms with E-state index in [2.05, 4.69) is 27.8 Å². The number of carbonyl (C=O) groups is 1. The van der Waals surface area contributed by atoms with Crippen LogP contribution in [0.5, 0.6) is 0 Å². The highest BCUT2D eigenvalue weighted by molar-refractivity contribution is 5.91. The normalized spacial score (nSPS) is 19.5. The third kappa shape index (κ3) is 3.21. The molecule has 0 spiro atoms. The summed E-state index contributed by atoms with van der Waals surface area (Å²) in [4.78, 5) is 26.1. The van der Waals surface area contributed by atoms with Gasteiger partial charge < -0.3 is 19.8 Å². The molecular formula is C19H19N3O4. The highest BCUT2D eigenvalue weighted by Crippen LogP contribution is 2.32. The molecule has 7 heteroatoms. The molecule has 2 aromatic carbocycles. The number of aromatic nitrogens is 1. The fourth-order valence-electron chi connectivity index (χ4n) is 3.32. The molecule has 1 aromatic heterocycles. The van der Waals surface area contributed by atoms with E-state index in [9.17, 15) is 9.59 Å². The van der Waals surface area contributed by atoms with Crippen molar-refractivity contribution >= 4 is 22.8 Å². The maximum Gasteiger partial charge on any atom is 0.417 e. The van der Waals surface area contributed by atoms with Crippen LogP contribution in [-0.4, -0.2) is 30.8 Å². The first kappa shape index (κ1) is 16.4. The molecule has 7 nitrogen and oxygen atoms in total. The Labute approximate surface area is 149 Å². The van der Waals surface area contributed by atoms with E-state index in [0.29, 0.717) is 36.5 Å². The van der Waals surface area contributed by atoms with Crippen LogP contribution in [0.1, 0.15) is 12.0 Å². The Balaban J connectivity index is 1.44. The van der Waals surface area contributed by atoms with Gasteiger partial charge in [0.15, 0.2) is 5.58 Å². The summed E-state index contributed by atoms with van der Waals surface area (Å²) in [5.41, 5.74) is 2.49. The van der Waals surface area contributed by atoms with E-state index >= 15 is 0 Å². The van der Waals surface area contributed by atoms with Gasteiger partial charge in [0.05, 0.1) is 12.1 Å². The Hall–Kier alpha value is -3.06. The summed E-state index contributed by atoms with van der Waals surface area (Å²) >= 11 is 0. The average molecular weight is 353 g/mol. The van der Waals surface area contributed by atoms with Gasteiger partial charge in [0, 0.05) is 30.3 Å². The van der Waals surface area contributed by atoms with Crippen LogP contribution in [0.3, 0.4) is 0 Å². The summed E-state index contributed by atoms with van der Waals surface area (Å²) < 4.78 is 10.6. The fourth-order valence-corrected chi connectivity index (χ4v) is 3.32. The van der Waals surface area contributed by atoms with E-state index in [4.69, 9.17) is 9.15 Å². The number of oxazole rings is 1. The summed E-state index contributed by atoms with van der Waals surface area (Å²) in [6.07, 6.45) is 0.859. The van der Waals surface area contributed by atoms with Crippen LogP contribution in [0.25, 0.3) is 11.1 Å². The van der Waals surface area contributed by atoms with Gasteiger partial charge in [0.1, 0.15) is 0 Å². The number of fused-ring (bicyclic) bond motifs is 1. The highest BCUT2D eigenvalue weighted by atomic mass is 16.5. The summed E-state index contributed by atoms with van der Waals surface area (Å²) in [7, 11) is 0. The SMILES string of the molecule is O=C(NCC1(c2ccccc2)CCOC1)Nc1ccc2[nH]c(=O)oc2c1. The number of aromatic amines is 1. The van der Waals surface area contributed by atoms with E-state index in [0.717, 1.165) is 12.0 Å². The minimum Gasteiger partial charge on any atom is -0.408 e. The average Bonchev–Trinajstić information content (AvgIpc) is 3.27. The molecule has 1 fully saturated rings. The highest BCUT2D eigenvalue weighted by Gasteiger charge is 2.36. The third-order valence-corrected chi connectivity index (χ3v) is 4.76. The first-order valence-electron chi connectivity index (χ1n) is 8.46. The number of benzene rings is 2. The lowest BCUT2D eigenvalue weighted by Crippen LogP contribution is -2.42. The number of rotatable bonds is 4. The molecule has 0 saturated carbocycles. The van der Waals surface area contributed by atoms with Crippen LogP contribution >= 0.6 is 0 Å². The van der Waals surface area contributed by atoms with Crippen molar-refractivity contribution in [3.05, 3.63) is 64.6 Å². The zero-order valence-corrected chi connectivity index (χ0v) is 14.1. The van der Waals surface area contributed by atoms with Crippen LogP contribution in [0, 0.1) is 0 Å². The van der Waals surface area contributed by atoms with Crippen molar-refractivity contribution in [3.63, 3.8) is 0 Å². The molecule has 2 amide bonds. The molecule has 1 saturated heterocycles. The maximum atomic E-state index is 12.3. The van der Waals surface area contributed by atoms with Crippen molar-refractivity contribution in [2.45, 2.75) is 11.8 Å². The second-order valence-corrected chi connectivity index (χ2v) is 6.48. The number of hydrogen-bond acceptors (Lipinski definition) is 4. The standard InChI is InChI=1S/C19H19N3O4/c23-17(21-14-6-7-15-16(10-14)26-18(24)22-15)20-11-19(8-9-25-12-19)13-4-2-1-3-5-13/h1-7,10H,8-9,11-12H2,(H,22,24)(H2,20,21,23). The molecule has 1 aliphatic rings. The largest absolute Gasteiger partial charge is 0.417 e. The van der Waals surface area contributed by atoms with Crippen LogP contribution in [0.2, 0.25) is 0 Å². The second-order valence-electron chi connectivity index (χ2n) is 6.48. The van der Waals surface area contributed by atoms with Crippen LogP contribution in [-0.2, 0) is 10.2 Å². The molecule has 1 aliphatic heterocycles. The lowest BCUT2D eigenvalue weighted by molar-refractivity contribution is 0.176. The maximum absolute atomic E-state index is 12.3. The van der Waals surface area contributed by atoms with Crippen LogP contribution < -0.4 is 16.4 Å². The Morgan fingerprint density at radius 1 is 1.19 bits per heavy atom. The molecular weight excluding hydrogens is 334 g/mol. The number of amides is 2. The van der Waals surface area contributed by atoms with E-state index in [1.807, 2.05) is 18.2 Å². The molecule has 2 heterocycles. The number of nitrogens with one attached hydrogen (secondary N) is 3. The van der Waals surface area contributed by atoms with Gasteiger partial charge in [-0.2, -0.15) is 0 Å². The summed E-state index contributed by atoms with van der Waals surface area (Å²) in [6.45, 7) is 1.74. The van der Waals surface area contributed by atoms with E-state index in [1.165, 1.54) is 0 Å². The minimum absolute atomic E-state index is 0.212. The predicted octanol–water partition coefficient (Wildman–Crippen LogP) is 2.60. The number of hydrogen-bond donors (Lipinski definition) is 3. The van der Waals surface area contributed by atoms with Gasteiger partial charge in [-0.05, 0) is 24.1 Å². The molecule has 1 unspecified atom stereocenters. The first-order valence-corrected chi connectivity index (χ1v) is 8.46. The van der Waals surface area contributed by atoms with Crippen molar-refractivity contribution < 1.29 is 13.9 Å². The molecule has 4 rings (SSSR count). The number of H-pyrrole nitrogens is 1. The van der Waals surface area contributed by atoms with Gasteiger partial charge >= 0.3 is 11.8 Å². The smallest absolute Gasteiger partial charge is 0.408 e. The second kappa shape index (κ2) is 6.68. The van der Waals surface area contributed by atoms with Crippen LogP contribution in [0.4, 0.5) is 10.5 Å². The van der Waals surface area contributed by atoms with Crippen molar-refractivity contribution in [1.29, 1.82) is 0 Å². The number of carbonyl (C=O) groups excluding carboxylic acids is 1. The van der Waals surface area contributed by atoms with Gasteiger partial charge in [-0.3, -0.25) is 4.98 Å². The topological polar surface area (TPSA) is 96.4 Å². The zero-order valence-electron chi connectivity index (χ0n) is 14.1. The molecule has 134 valence electrons. The first-order chi connectivity index (χ1) is 12.6. The zero-order chi connectivity index (χ0) is 18.0. The summed E-state index contributed by atoms with van der Waals surface area (Å²) in [6, 6.07) is 14.8. The van der Waals surface area contributed by atoms with Gasteiger partial charge in [0.2, 0.25) is 0 Å². The van der Waals surface area contributed by atoms with E-state index in [1.54, 1.807) is 18.2 Å². The number of urea groups is 1. The van der Waals surface area contributed by atoms with Gasteiger partial charge in [0.25, 0.3) is 0 Å². The number of anilines is 1. The predicted molar refractivity (Wildman–Crippen MR) is 97.4 cm³/mol. The number of ether oxygens (including phenoxy) is 1. The van der Waals surface area contributed by atoms with E-state index < -0.39 is 5.76 Å². The molecule has 0 bridgehead atoms. The molecule has 26 heavy (non-hydrogen) atoms. The molecule has 0 aliphatic carbocycles. The summed E-state index contributed by atoms with van der Waals surface area (Å²) in [5.74, 6) is -0.521. The van der Waals surface area contributed by atoms with Gasteiger partial charge in [-0.1, -0.05) is 30.3 Å². The van der Waals surface area contributed by atoms with Crippen molar-refractivity contribution in [1.82, 2.24) is 10.3 Å². The van der Waals surface area contributed by atoms with Crippen LogP contribution in [0.15, 0.2) is 57.7 Å². The van der Waals surface area contributed by atoms with Gasteiger partial charge in [-0.15, -0.1) is 0 Å². The van der Waals surface area contributed by atoms with Crippen molar-refractivity contribution in [2.24, 2.45) is 0 Å². The minimum atomic E-state index is -0.521. The third-order valence-electron chi connectivity index (χ3n) is 4.76. The van der Waals surface area contributed by atoms with Gasteiger partial charge in [-0.25, -0.2) is 9.59 Å². The van der Waals surface area contributed by atoms with Crippen molar-refractivity contribution in [3.8, 4) is 0 Å². The Bertz CT molecular complexity index is 971. The monoisotopic (exact) mass is 353 g/mol. The summed E-state index contributed by atoms with van der Waals surface area (Å²) in [5, 5.41) is 5.70. The molecule has 0 radical (unpaired) electrons. The van der Waals surface area contributed by atoms with E-state index in [-0.39, 0.29) is 11.4 Å². The lowest BCUT2D eigenvalue weighted by Gasteiger charge is -2.28. The fraction of sp³-hybridized carbons (Fsp3) is 0.263. The Morgan fingerprint density at radius 3 is 2.81 bits per heavy atom. The molecule has 3 N–H and O–H groups in total. The quantitative estimate of drug-likeness (QED) is 0.672. The Kier molecular flexibility index (Phi) is 4.22. The Morgan fingerprint density at radius 2 is 2.04 bits per heavy atom.